The minimum absolute atomic E-state index is 0.0324. The molecule has 1 aromatic heterocycles. The van der Waals surface area contributed by atoms with Gasteiger partial charge in [-0.3, -0.25) is 14.8 Å². The lowest BCUT2D eigenvalue weighted by molar-refractivity contribution is -0.385. The van der Waals surface area contributed by atoms with Crippen molar-refractivity contribution in [1.29, 1.82) is 0 Å². The number of nitro groups is 1. The lowest BCUT2D eigenvalue weighted by Crippen LogP contribution is -1.98. The second-order valence-electron chi connectivity index (χ2n) is 4.31. The molecule has 0 bridgehead atoms. The van der Waals surface area contributed by atoms with Crippen LogP contribution >= 0.6 is 0 Å². The van der Waals surface area contributed by atoms with Crippen LogP contribution in [-0.2, 0) is 6.54 Å². The van der Waals surface area contributed by atoms with E-state index in [9.17, 15) is 20.0 Å². The number of nitrogens with zero attached hydrogens (tertiary/aromatic N) is 3. The lowest BCUT2D eigenvalue weighted by atomic mass is 10.0. The zero-order valence-corrected chi connectivity index (χ0v) is 11.0. The van der Waals surface area contributed by atoms with Gasteiger partial charge in [0.2, 0.25) is 0 Å². The first-order valence-corrected chi connectivity index (χ1v) is 6.00. The highest BCUT2D eigenvalue weighted by atomic mass is 16.6. The van der Waals surface area contributed by atoms with Crippen molar-refractivity contribution in [3.05, 3.63) is 45.6 Å². The largest absolute Gasteiger partial charge is 0.478 e. The molecule has 20 heavy (non-hydrogen) atoms. The Bertz CT molecular complexity index is 691. The monoisotopic (exact) mass is 275 g/mol. The van der Waals surface area contributed by atoms with Crippen molar-refractivity contribution in [2.24, 2.45) is 0 Å². The molecule has 1 heterocycles. The van der Waals surface area contributed by atoms with Gasteiger partial charge in [0, 0.05) is 29.9 Å². The van der Waals surface area contributed by atoms with Gasteiger partial charge in [0.05, 0.1) is 4.92 Å². The maximum absolute atomic E-state index is 11.2. The standard InChI is InChI=1S/C13H13N3O4/c1-3-15-7-10(13(17)18)12(14-15)9-5-4-8(2)11(6-9)16(19)20/h4-7H,3H2,1-2H3,(H,17,18). The fourth-order valence-electron chi connectivity index (χ4n) is 1.91. The lowest BCUT2D eigenvalue weighted by Gasteiger charge is -2.02. The third-order valence-corrected chi connectivity index (χ3v) is 3.00. The fraction of sp³-hybridized carbons (Fsp3) is 0.231. The maximum atomic E-state index is 11.2. The second-order valence-corrected chi connectivity index (χ2v) is 4.31. The van der Waals surface area contributed by atoms with Gasteiger partial charge in [-0.15, -0.1) is 0 Å². The Morgan fingerprint density at radius 2 is 2.20 bits per heavy atom. The first-order valence-electron chi connectivity index (χ1n) is 6.00. The van der Waals surface area contributed by atoms with E-state index in [4.69, 9.17) is 0 Å². The normalized spacial score (nSPS) is 10.5. The van der Waals surface area contributed by atoms with Crippen LogP contribution in [0.3, 0.4) is 0 Å². The van der Waals surface area contributed by atoms with Crippen LogP contribution < -0.4 is 0 Å². The Labute approximate surface area is 114 Å². The van der Waals surface area contributed by atoms with Crippen LogP contribution in [0.5, 0.6) is 0 Å². The Balaban J connectivity index is 2.62. The van der Waals surface area contributed by atoms with E-state index in [0.29, 0.717) is 17.7 Å². The first-order chi connectivity index (χ1) is 9.43. The third kappa shape index (κ3) is 2.37. The summed E-state index contributed by atoms with van der Waals surface area (Å²) < 4.78 is 1.49. The Morgan fingerprint density at radius 3 is 2.75 bits per heavy atom. The third-order valence-electron chi connectivity index (χ3n) is 3.00. The average Bonchev–Trinajstić information content (AvgIpc) is 2.83. The van der Waals surface area contributed by atoms with Gasteiger partial charge in [-0.2, -0.15) is 5.10 Å². The van der Waals surface area contributed by atoms with Crippen LogP contribution in [-0.4, -0.2) is 25.8 Å². The highest BCUT2D eigenvalue weighted by Crippen LogP contribution is 2.28. The second kappa shape index (κ2) is 5.12. The van der Waals surface area contributed by atoms with E-state index in [2.05, 4.69) is 5.10 Å². The van der Waals surface area contributed by atoms with Gasteiger partial charge in [0.25, 0.3) is 5.69 Å². The van der Waals surface area contributed by atoms with Crippen LogP contribution in [0, 0.1) is 17.0 Å². The zero-order valence-electron chi connectivity index (χ0n) is 11.0. The number of benzene rings is 1. The molecule has 0 aliphatic heterocycles. The number of hydrogen-bond acceptors (Lipinski definition) is 4. The molecule has 0 spiro atoms. The summed E-state index contributed by atoms with van der Waals surface area (Å²) in [4.78, 5) is 21.7. The van der Waals surface area contributed by atoms with Crippen LogP contribution in [0.15, 0.2) is 24.4 Å². The molecule has 0 fully saturated rings. The van der Waals surface area contributed by atoms with Crippen molar-refractivity contribution >= 4 is 11.7 Å². The highest BCUT2D eigenvalue weighted by Gasteiger charge is 2.19. The van der Waals surface area contributed by atoms with Crippen molar-refractivity contribution < 1.29 is 14.8 Å². The minimum atomic E-state index is -1.11. The van der Waals surface area contributed by atoms with E-state index < -0.39 is 10.9 Å². The SMILES string of the molecule is CCn1cc(C(=O)O)c(-c2ccc(C)c([N+](=O)[O-])c2)n1. The number of aromatic carboxylic acids is 1. The molecule has 0 saturated heterocycles. The summed E-state index contributed by atoms with van der Waals surface area (Å²) in [7, 11) is 0. The van der Waals surface area contributed by atoms with Gasteiger partial charge in [-0.25, -0.2) is 4.79 Å². The van der Waals surface area contributed by atoms with E-state index in [1.54, 1.807) is 19.1 Å². The summed E-state index contributed by atoms with van der Waals surface area (Å²) >= 11 is 0. The molecule has 2 rings (SSSR count). The number of aromatic nitrogens is 2. The number of hydrogen-bond donors (Lipinski definition) is 1. The van der Waals surface area contributed by atoms with Gasteiger partial charge in [-0.05, 0) is 13.8 Å². The molecule has 7 heteroatoms. The molecule has 1 aromatic carbocycles. The number of aryl methyl sites for hydroxylation is 2. The predicted molar refractivity (Wildman–Crippen MR) is 71.7 cm³/mol. The number of carboxylic acids is 1. The van der Waals surface area contributed by atoms with Crippen molar-refractivity contribution in [2.75, 3.05) is 0 Å². The van der Waals surface area contributed by atoms with E-state index >= 15 is 0 Å². The molecule has 0 aliphatic carbocycles. The van der Waals surface area contributed by atoms with Crippen molar-refractivity contribution in [3.63, 3.8) is 0 Å². The summed E-state index contributed by atoms with van der Waals surface area (Å²) in [6.45, 7) is 3.99. The molecule has 0 amide bonds. The molecule has 2 aromatic rings. The molecule has 7 nitrogen and oxygen atoms in total. The zero-order chi connectivity index (χ0) is 14.9. The Hall–Kier alpha value is -2.70. The Morgan fingerprint density at radius 1 is 1.50 bits per heavy atom. The van der Waals surface area contributed by atoms with Gasteiger partial charge < -0.3 is 5.11 Å². The summed E-state index contributed by atoms with van der Waals surface area (Å²) in [6, 6.07) is 4.57. The smallest absolute Gasteiger partial charge is 0.339 e. The van der Waals surface area contributed by atoms with E-state index in [1.165, 1.54) is 16.9 Å². The number of rotatable bonds is 4. The highest BCUT2D eigenvalue weighted by molar-refractivity contribution is 5.94. The molecule has 1 N–H and O–H groups in total. The quantitative estimate of drug-likeness (QED) is 0.682. The predicted octanol–water partition coefficient (Wildman–Crippen LogP) is 2.48. The molecule has 0 radical (unpaired) electrons. The molecular formula is C13H13N3O4. The van der Waals surface area contributed by atoms with Gasteiger partial charge in [0.1, 0.15) is 11.3 Å². The molecule has 0 unspecified atom stereocenters. The summed E-state index contributed by atoms with van der Waals surface area (Å²) in [5.41, 5.74) is 1.16. The number of carbonyl (C=O) groups is 1. The molecule has 0 saturated carbocycles. The summed E-state index contributed by atoms with van der Waals surface area (Å²) in [5.74, 6) is -1.11. The fourth-order valence-corrected chi connectivity index (χ4v) is 1.91. The van der Waals surface area contributed by atoms with Crippen molar-refractivity contribution in [2.45, 2.75) is 20.4 Å². The van der Waals surface area contributed by atoms with E-state index in [-0.39, 0.29) is 16.9 Å². The number of carboxylic acid groups (broad SMARTS) is 1. The van der Waals surface area contributed by atoms with Crippen LogP contribution in [0.2, 0.25) is 0 Å². The first kappa shape index (κ1) is 13.7. The molecular weight excluding hydrogens is 262 g/mol. The van der Waals surface area contributed by atoms with E-state index in [0.717, 1.165) is 0 Å². The van der Waals surface area contributed by atoms with E-state index in [1.807, 2.05) is 6.92 Å². The topological polar surface area (TPSA) is 98.3 Å². The van der Waals surface area contributed by atoms with Gasteiger partial charge in [0.15, 0.2) is 0 Å². The molecule has 104 valence electrons. The Kier molecular flexibility index (Phi) is 3.51. The molecule has 0 atom stereocenters. The minimum Gasteiger partial charge on any atom is -0.478 e. The maximum Gasteiger partial charge on any atom is 0.339 e. The number of nitro benzene ring substituents is 1. The summed E-state index contributed by atoms with van der Waals surface area (Å²) in [5, 5.41) is 24.3. The average molecular weight is 275 g/mol. The van der Waals surface area contributed by atoms with Crippen LogP contribution in [0.1, 0.15) is 22.8 Å². The molecule has 0 aliphatic rings. The van der Waals surface area contributed by atoms with Gasteiger partial charge in [-0.1, -0.05) is 12.1 Å². The van der Waals surface area contributed by atoms with Crippen LogP contribution in [0.4, 0.5) is 5.69 Å². The van der Waals surface area contributed by atoms with Gasteiger partial charge >= 0.3 is 5.97 Å². The van der Waals surface area contributed by atoms with Crippen LogP contribution in [0.25, 0.3) is 11.3 Å². The van der Waals surface area contributed by atoms with Crippen molar-refractivity contribution in [3.8, 4) is 11.3 Å². The van der Waals surface area contributed by atoms with Crippen molar-refractivity contribution in [1.82, 2.24) is 9.78 Å². The summed E-state index contributed by atoms with van der Waals surface area (Å²) in [6.07, 6.45) is 1.42.